The summed E-state index contributed by atoms with van der Waals surface area (Å²) >= 11 is 0. The fraction of sp³-hybridized carbons (Fsp3) is 0.263. The van der Waals surface area contributed by atoms with Crippen molar-refractivity contribution in [2.75, 3.05) is 14.2 Å². The molecule has 0 amide bonds. The molecule has 3 aromatic rings. The molecule has 0 radical (unpaired) electrons. The van der Waals surface area contributed by atoms with Gasteiger partial charge in [-0.25, -0.2) is 13.1 Å². The quantitative estimate of drug-likeness (QED) is 0.720. The zero-order valence-electron chi connectivity index (χ0n) is 15.2. The lowest BCUT2D eigenvalue weighted by atomic mass is 10.1. The lowest BCUT2D eigenvalue weighted by molar-refractivity contribution is 0.354. The van der Waals surface area contributed by atoms with Crippen molar-refractivity contribution in [2.45, 2.75) is 18.4 Å². The number of hydrogen-bond donors (Lipinski definition) is 1. The van der Waals surface area contributed by atoms with Crippen LogP contribution in [0.1, 0.15) is 11.3 Å². The first kappa shape index (κ1) is 18.3. The van der Waals surface area contributed by atoms with Crippen LogP contribution in [-0.4, -0.2) is 27.2 Å². The second-order valence-corrected chi connectivity index (χ2v) is 7.85. The number of sulfonamides is 1. The Morgan fingerprint density at radius 2 is 1.73 bits per heavy atom. The van der Waals surface area contributed by atoms with Crippen LogP contribution in [0.25, 0.3) is 10.9 Å². The molecule has 0 unspecified atom stereocenters. The molecule has 26 heavy (non-hydrogen) atoms. The van der Waals surface area contributed by atoms with Crippen LogP contribution in [0.3, 0.4) is 0 Å². The van der Waals surface area contributed by atoms with Gasteiger partial charge in [-0.2, -0.15) is 0 Å². The topological polar surface area (TPSA) is 69.6 Å². The number of methoxy groups -OCH3 is 2. The lowest BCUT2D eigenvalue weighted by Gasteiger charge is -2.11. The molecule has 0 saturated carbocycles. The van der Waals surface area contributed by atoms with Crippen LogP contribution in [0.5, 0.6) is 11.5 Å². The highest BCUT2D eigenvalue weighted by molar-refractivity contribution is 7.89. The number of benzene rings is 2. The van der Waals surface area contributed by atoms with Crippen molar-refractivity contribution in [1.82, 2.24) is 9.29 Å². The number of ether oxygens (including phenoxy) is 2. The Morgan fingerprint density at radius 3 is 2.42 bits per heavy atom. The van der Waals surface area contributed by atoms with Crippen molar-refractivity contribution >= 4 is 20.9 Å². The number of aromatic nitrogens is 1. The van der Waals surface area contributed by atoms with Gasteiger partial charge in [0.05, 0.1) is 19.1 Å². The van der Waals surface area contributed by atoms with E-state index in [9.17, 15) is 8.42 Å². The van der Waals surface area contributed by atoms with Crippen molar-refractivity contribution in [3.63, 3.8) is 0 Å². The Labute approximate surface area is 153 Å². The molecule has 0 bridgehead atoms. The van der Waals surface area contributed by atoms with Crippen LogP contribution in [-0.2, 0) is 23.6 Å². The second kappa shape index (κ2) is 7.01. The molecule has 0 aliphatic rings. The van der Waals surface area contributed by atoms with E-state index < -0.39 is 10.0 Å². The van der Waals surface area contributed by atoms with E-state index in [1.807, 2.05) is 32.2 Å². The van der Waals surface area contributed by atoms with Gasteiger partial charge in [-0.15, -0.1) is 0 Å². The summed E-state index contributed by atoms with van der Waals surface area (Å²) in [6.45, 7) is 2.25. The first-order valence-electron chi connectivity index (χ1n) is 8.12. The van der Waals surface area contributed by atoms with Gasteiger partial charge in [0.2, 0.25) is 10.0 Å². The standard InChI is InChI=1S/C19H22N2O4S/c1-13-9-15-10-14(5-7-17(15)21(13)2)12-20-26(22,23)16-6-8-18(24-3)19(11-16)25-4/h5-11,20H,12H2,1-4H3. The zero-order valence-corrected chi connectivity index (χ0v) is 16.1. The number of nitrogens with one attached hydrogen (secondary N) is 1. The predicted octanol–water partition coefficient (Wildman–Crippen LogP) is 2.98. The highest BCUT2D eigenvalue weighted by atomic mass is 32.2. The highest BCUT2D eigenvalue weighted by Gasteiger charge is 2.17. The molecule has 0 spiro atoms. The average Bonchev–Trinajstić information content (AvgIpc) is 2.93. The predicted molar refractivity (Wildman–Crippen MR) is 101 cm³/mol. The molecule has 0 saturated heterocycles. The van der Waals surface area contributed by atoms with Crippen molar-refractivity contribution < 1.29 is 17.9 Å². The summed E-state index contributed by atoms with van der Waals surface area (Å²) in [4.78, 5) is 0.131. The fourth-order valence-corrected chi connectivity index (χ4v) is 3.92. The zero-order chi connectivity index (χ0) is 18.9. The van der Waals surface area contributed by atoms with Crippen LogP contribution < -0.4 is 14.2 Å². The summed E-state index contributed by atoms with van der Waals surface area (Å²) in [5.74, 6) is 0.855. The summed E-state index contributed by atoms with van der Waals surface area (Å²) in [7, 11) is 1.32. The van der Waals surface area contributed by atoms with E-state index >= 15 is 0 Å². The first-order chi connectivity index (χ1) is 12.4. The van der Waals surface area contributed by atoms with E-state index in [4.69, 9.17) is 9.47 Å². The molecule has 1 N–H and O–H groups in total. The fourth-order valence-electron chi connectivity index (χ4n) is 2.89. The number of nitrogens with zero attached hydrogens (tertiary/aromatic N) is 1. The third-order valence-electron chi connectivity index (χ3n) is 4.48. The molecule has 0 aliphatic heterocycles. The van der Waals surface area contributed by atoms with Crippen molar-refractivity contribution in [3.8, 4) is 11.5 Å². The van der Waals surface area contributed by atoms with Crippen LogP contribution in [0.2, 0.25) is 0 Å². The minimum Gasteiger partial charge on any atom is -0.493 e. The Morgan fingerprint density at radius 1 is 1.00 bits per heavy atom. The second-order valence-electron chi connectivity index (χ2n) is 6.08. The van der Waals surface area contributed by atoms with Gasteiger partial charge < -0.3 is 14.0 Å². The third kappa shape index (κ3) is 3.40. The maximum Gasteiger partial charge on any atom is 0.241 e. The monoisotopic (exact) mass is 374 g/mol. The molecule has 0 fully saturated rings. The van der Waals surface area contributed by atoms with Gasteiger partial charge in [-0.05, 0) is 42.8 Å². The molecule has 3 rings (SSSR count). The van der Waals surface area contributed by atoms with Gasteiger partial charge >= 0.3 is 0 Å². The Bertz CT molecular complexity index is 1050. The maximum atomic E-state index is 12.6. The van der Waals surface area contributed by atoms with Crippen molar-refractivity contribution in [2.24, 2.45) is 7.05 Å². The molecule has 0 aliphatic carbocycles. The minimum atomic E-state index is -3.66. The minimum absolute atomic E-state index is 0.131. The summed E-state index contributed by atoms with van der Waals surface area (Å²) in [5.41, 5.74) is 3.17. The molecule has 2 aromatic carbocycles. The molecule has 0 atom stereocenters. The molecule has 1 aromatic heterocycles. The third-order valence-corrected chi connectivity index (χ3v) is 5.88. The summed E-state index contributed by atoms with van der Waals surface area (Å²) in [6, 6.07) is 12.5. The van der Waals surface area contributed by atoms with Crippen molar-refractivity contribution in [3.05, 3.63) is 53.7 Å². The lowest BCUT2D eigenvalue weighted by Crippen LogP contribution is -2.23. The normalized spacial score (nSPS) is 11.7. The average molecular weight is 374 g/mol. The highest BCUT2D eigenvalue weighted by Crippen LogP contribution is 2.29. The van der Waals surface area contributed by atoms with E-state index in [0.717, 1.165) is 22.2 Å². The van der Waals surface area contributed by atoms with Crippen LogP contribution in [0, 0.1) is 6.92 Å². The smallest absolute Gasteiger partial charge is 0.241 e. The summed E-state index contributed by atoms with van der Waals surface area (Å²) in [6.07, 6.45) is 0. The molecule has 1 heterocycles. The molecule has 138 valence electrons. The SMILES string of the molecule is COc1ccc(S(=O)(=O)NCc2ccc3c(c2)cc(C)n3C)cc1OC. The van der Waals surface area contributed by atoms with Crippen LogP contribution in [0.4, 0.5) is 0 Å². The molecule has 7 heteroatoms. The molecule has 6 nitrogen and oxygen atoms in total. The maximum absolute atomic E-state index is 12.6. The van der Waals surface area contributed by atoms with Gasteiger partial charge in [0.1, 0.15) is 0 Å². The van der Waals surface area contributed by atoms with Gasteiger partial charge in [-0.3, -0.25) is 0 Å². The van der Waals surface area contributed by atoms with Gasteiger partial charge in [0.15, 0.2) is 11.5 Å². The van der Waals surface area contributed by atoms with E-state index in [0.29, 0.717) is 11.5 Å². The first-order valence-corrected chi connectivity index (χ1v) is 9.60. The number of rotatable bonds is 6. The molecular formula is C19H22N2O4S. The van der Waals surface area contributed by atoms with Gasteiger partial charge in [0, 0.05) is 36.3 Å². The summed E-state index contributed by atoms with van der Waals surface area (Å²) in [5, 5.41) is 1.09. The van der Waals surface area contributed by atoms with Gasteiger partial charge in [0.25, 0.3) is 0 Å². The largest absolute Gasteiger partial charge is 0.493 e. The van der Waals surface area contributed by atoms with E-state index in [1.54, 1.807) is 6.07 Å². The number of fused-ring (bicyclic) bond motifs is 1. The Balaban J connectivity index is 1.82. The number of hydrogen-bond acceptors (Lipinski definition) is 4. The Kier molecular flexibility index (Phi) is 4.93. The molecular weight excluding hydrogens is 352 g/mol. The van der Waals surface area contributed by atoms with Crippen LogP contribution >= 0.6 is 0 Å². The van der Waals surface area contributed by atoms with E-state index in [1.165, 1.54) is 26.4 Å². The van der Waals surface area contributed by atoms with Crippen molar-refractivity contribution in [1.29, 1.82) is 0 Å². The van der Waals surface area contributed by atoms with Crippen LogP contribution in [0.15, 0.2) is 47.4 Å². The summed E-state index contributed by atoms with van der Waals surface area (Å²) < 4.78 is 40.2. The van der Waals surface area contributed by atoms with E-state index in [-0.39, 0.29) is 11.4 Å². The Hall–Kier alpha value is -2.51. The van der Waals surface area contributed by atoms with Gasteiger partial charge in [-0.1, -0.05) is 6.07 Å². The van der Waals surface area contributed by atoms with E-state index in [2.05, 4.69) is 15.4 Å². The number of aryl methyl sites for hydroxylation is 2.